The number of benzene rings is 1. The van der Waals surface area contributed by atoms with Crippen LogP contribution in [0.25, 0.3) is 0 Å². The van der Waals surface area contributed by atoms with E-state index in [1.54, 1.807) is 11.8 Å². The number of amides is 1. The molecule has 0 aliphatic rings. The first-order chi connectivity index (χ1) is 8.67. The third kappa shape index (κ3) is 5.44. The molecule has 0 saturated heterocycles. The quantitative estimate of drug-likeness (QED) is 0.462. The molecular formula is C14H20BrNOS. The molecule has 1 N–H and O–H groups in total. The van der Waals surface area contributed by atoms with E-state index < -0.39 is 0 Å². The first kappa shape index (κ1) is 15.6. The summed E-state index contributed by atoms with van der Waals surface area (Å²) in [4.78, 5) is 12.9. The van der Waals surface area contributed by atoms with Crippen LogP contribution < -0.4 is 5.32 Å². The minimum atomic E-state index is 0.0809. The molecule has 1 atom stereocenters. The number of thioether (sulfide) groups is 1. The van der Waals surface area contributed by atoms with Crippen LogP contribution in [0, 0.1) is 0 Å². The topological polar surface area (TPSA) is 29.1 Å². The van der Waals surface area contributed by atoms with E-state index in [4.69, 9.17) is 0 Å². The maximum absolute atomic E-state index is 11.7. The zero-order chi connectivity index (χ0) is 13.4. The average molecular weight is 330 g/mol. The summed E-state index contributed by atoms with van der Waals surface area (Å²) in [7, 11) is 0. The van der Waals surface area contributed by atoms with Crippen molar-refractivity contribution in [1.82, 2.24) is 5.32 Å². The molecule has 0 aliphatic heterocycles. The molecule has 100 valence electrons. The highest BCUT2D eigenvalue weighted by molar-refractivity contribution is 9.09. The fourth-order valence-corrected chi connectivity index (χ4v) is 2.47. The predicted octanol–water partition coefficient (Wildman–Crippen LogP) is 4.15. The van der Waals surface area contributed by atoms with E-state index in [2.05, 4.69) is 51.8 Å². The third-order valence-corrected chi connectivity index (χ3v) is 4.09. The van der Waals surface area contributed by atoms with Crippen LogP contribution in [-0.2, 0) is 4.79 Å². The van der Waals surface area contributed by atoms with Crippen molar-refractivity contribution >= 4 is 33.6 Å². The van der Waals surface area contributed by atoms with Gasteiger partial charge in [0, 0.05) is 16.6 Å². The van der Waals surface area contributed by atoms with Gasteiger partial charge in [0.1, 0.15) is 0 Å². The van der Waals surface area contributed by atoms with Crippen molar-refractivity contribution in [2.45, 2.75) is 37.1 Å². The number of unbranched alkanes of at least 4 members (excludes halogenated alkanes) is 1. The van der Waals surface area contributed by atoms with E-state index in [0.717, 1.165) is 23.7 Å². The van der Waals surface area contributed by atoms with Gasteiger partial charge in [0.15, 0.2) is 0 Å². The molecular weight excluding hydrogens is 310 g/mol. The highest BCUT2D eigenvalue weighted by Gasteiger charge is 2.08. The molecule has 1 aromatic carbocycles. The summed E-state index contributed by atoms with van der Waals surface area (Å²) in [6, 6.07) is 8.42. The predicted molar refractivity (Wildman–Crippen MR) is 82.4 cm³/mol. The van der Waals surface area contributed by atoms with Crippen molar-refractivity contribution in [3.8, 4) is 0 Å². The van der Waals surface area contributed by atoms with Gasteiger partial charge in [-0.1, -0.05) is 28.1 Å². The number of nitrogens with one attached hydrogen (secondary N) is 1. The van der Waals surface area contributed by atoms with Gasteiger partial charge in [-0.15, -0.1) is 11.8 Å². The summed E-state index contributed by atoms with van der Waals surface area (Å²) in [5, 5.41) is 4.00. The number of hydrogen-bond donors (Lipinski definition) is 1. The number of carbonyl (C=O) groups is 1. The lowest BCUT2D eigenvalue weighted by molar-refractivity contribution is -0.121. The molecule has 0 radical (unpaired) electrons. The minimum absolute atomic E-state index is 0.0809. The fraction of sp³-hybridized carbons (Fsp3) is 0.500. The number of hydrogen-bond acceptors (Lipinski definition) is 2. The molecule has 0 saturated carbocycles. The smallest absolute Gasteiger partial charge is 0.220 e. The molecule has 1 aromatic rings. The Balaban J connectivity index is 2.43. The zero-order valence-electron chi connectivity index (χ0n) is 10.9. The van der Waals surface area contributed by atoms with Gasteiger partial charge >= 0.3 is 0 Å². The monoisotopic (exact) mass is 329 g/mol. The molecule has 2 nitrogen and oxygen atoms in total. The van der Waals surface area contributed by atoms with E-state index in [9.17, 15) is 4.79 Å². The van der Waals surface area contributed by atoms with Crippen LogP contribution in [-0.4, -0.2) is 17.5 Å². The summed E-state index contributed by atoms with van der Waals surface area (Å²) in [6.45, 7) is 2.02. The molecule has 4 heteroatoms. The van der Waals surface area contributed by atoms with Crippen molar-refractivity contribution in [1.29, 1.82) is 0 Å². The molecule has 0 bridgehead atoms. The van der Waals surface area contributed by atoms with Crippen molar-refractivity contribution in [2.24, 2.45) is 0 Å². The van der Waals surface area contributed by atoms with Crippen LogP contribution >= 0.6 is 27.7 Å². The number of carbonyl (C=O) groups excluding carboxylic acids is 1. The van der Waals surface area contributed by atoms with Crippen molar-refractivity contribution in [2.75, 3.05) is 11.6 Å². The van der Waals surface area contributed by atoms with Gasteiger partial charge in [-0.25, -0.2) is 0 Å². The molecule has 0 aromatic heterocycles. The second kappa shape index (κ2) is 8.59. The second-order valence-corrected chi connectivity index (χ2v) is 5.88. The Morgan fingerprint density at radius 3 is 2.56 bits per heavy atom. The van der Waals surface area contributed by atoms with E-state index in [1.807, 2.05) is 6.92 Å². The van der Waals surface area contributed by atoms with Gasteiger partial charge in [-0.3, -0.25) is 4.79 Å². The van der Waals surface area contributed by atoms with Gasteiger partial charge in [0.2, 0.25) is 5.91 Å². The van der Waals surface area contributed by atoms with Crippen molar-refractivity contribution in [3.05, 3.63) is 29.8 Å². The van der Waals surface area contributed by atoms with Crippen LogP contribution in [0.2, 0.25) is 0 Å². The average Bonchev–Trinajstić information content (AvgIpc) is 2.39. The first-order valence-corrected chi connectivity index (χ1v) is 8.51. The first-order valence-electron chi connectivity index (χ1n) is 6.16. The molecule has 0 aliphatic carbocycles. The van der Waals surface area contributed by atoms with Gasteiger partial charge in [-0.05, 0) is 43.7 Å². The number of rotatable bonds is 7. The Labute approximate surface area is 122 Å². The lowest BCUT2D eigenvalue weighted by Gasteiger charge is -2.14. The van der Waals surface area contributed by atoms with Gasteiger partial charge in [0.05, 0.1) is 6.04 Å². The summed E-state index contributed by atoms with van der Waals surface area (Å²) in [6.07, 6.45) is 4.66. The van der Waals surface area contributed by atoms with Crippen molar-refractivity contribution < 1.29 is 4.79 Å². The van der Waals surface area contributed by atoms with Gasteiger partial charge in [-0.2, -0.15) is 0 Å². The Hall–Kier alpha value is -0.480. The summed E-state index contributed by atoms with van der Waals surface area (Å²) < 4.78 is 0. The van der Waals surface area contributed by atoms with Crippen LogP contribution in [0.1, 0.15) is 37.8 Å². The second-order valence-electron chi connectivity index (χ2n) is 4.21. The third-order valence-electron chi connectivity index (χ3n) is 2.78. The Kier molecular flexibility index (Phi) is 7.44. The SMILES string of the molecule is CSc1ccc(C(C)NC(=O)CCCCBr)cc1. The highest BCUT2D eigenvalue weighted by atomic mass is 79.9. The standard InChI is InChI=1S/C14H20BrNOS/c1-11(16-14(17)5-3-4-10-15)12-6-8-13(18-2)9-7-12/h6-9,11H,3-5,10H2,1-2H3,(H,16,17). The molecule has 0 spiro atoms. The minimum Gasteiger partial charge on any atom is -0.350 e. The molecule has 18 heavy (non-hydrogen) atoms. The molecule has 0 heterocycles. The number of halogens is 1. The van der Waals surface area contributed by atoms with Crippen LogP contribution in [0.5, 0.6) is 0 Å². The summed E-state index contributed by atoms with van der Waals surface area (Å²) >= 11 is 5.09. The van der Waals surface area contributed by atoms with Crippen LogP contribution in [0.4, 0.5) is 0 Å². The van der Waals surface area contributed by atoms with E-state index in [1.165, 1.54) is 4.90 Å². The molecule has 0 fully saturated rings. The fourth-order valence-electron chi connectivity index (χ4n) is 1.67. The number of alkyl halides is 1. The summed E-state index contributed by atoms with van der Waals surface area (Å²) in [5.74, 6) is 0.136. The molecule has 1 rings (SSSR count). The van der Waals surface area contributed by atoms with E-state index in [0.29, 0.717) is 6.42 Å². The van der Waals surface area contributed by atoms with Crippen molar-refractivity contribution in [3.63, 3.8) is 0 Å². The summed E-state index contributed by atoms with van der Waals surface area (Å²) in [5.41, 5.74) is 1.15. The Morgan fingerprint density at radius 1 is 1.33 bits per heavy atom. The largest absolute Gasteiger partial charge is 0.350 e. The lowest BCUT2D eigenvalue weighted by Crippen LogP contribution is -2.26. The zero-order valence-corrected chi connectivity index (χ0v) is 13.3. The van der Waals surface area contributed by atoms with Gasteiger partial charge in [0.25, 0.3) is 0 Å². The lowest BCUT2D eigenvalue weighted by atomic mass is 10.1. The Morgan fingerprint density at radius 2 is 2.00 bits per heavy atom. The van der Waals surface area contributed by atoms with Gasteiger partial charge < -0.3 is 5.32 Å². The highest BCUT2D eigenvalue weighted by Crippen LogP contribution is 2.19. The Bertz CT molecular complexity index is 367. The maximum Gasteiger partial charge on any atom is 0.220 e. The maximum atomic E-state index is 11.7. The normalized spacial score (nSPS) is 12.2. The molecule has 1 unspecified atom stereocenters. The van der Waals surface area contributed by atoms with Crippen LogP contribution in [0.3, 0.4) is 0 Å². The van der Waals surface area contributed by atoms with Crippen LogP contribution in [0.15, 0.2) is 29.2 Å². The molecule has 1 amide bonds. The van der Waals surface area contributed by atoms with E-state index in [-0.39, 0.29) is 11.9 Å². The van der Waals surface area contributed by atoms with E-state index >= 15 is 0 Å².